The lowest BCUT2D eigenvalue weighted by Crippen LogP contribution is -2.11. The van der Waals surface area contributed by atoms with Crippen LogP contribution in [0.4, 0.5) is 5.69 Å². The van der Waals surface area contributed by atoms with Crippen molar-refractivity contribution in [2.75, 3.05) is 5.32 Å². The van der Waals surface area contributed by atoms with Gasteiger partial charge in [-0.25, -0.2) is 0 Å². The quantitative estimate of drug-likeness (QED) is 0.848. The predicted molar refractivity (Wildman–Crippen MR) is 78.2 cm³/mol. The molecule has 0 heterocycles. The molecule has 18 heavy (non-hydrogen) atoms. The van der Waals surface area contributed by atoms with Crippen molar-refractivity contribution in [3.63, 3.8) is 0 Å². The van der Waals surface area contributed by atoms with E-state index in [4.69, 9.17) is 0 Å². The second-order valence-corrected chi connectivity index (χ2v) is 4.71. The van der Waals surface area contributed by atoms with Gasteiger partial charge in [-0.2, -0.15) is 0 Å². The summed E-state index contributed by atoms with van der Waals surface area (Å²) in [6.07, 6.45) is 0. The summed E-state index contributed by atoms with van der Waals surface area (Å²) < 4.78 is 0. The summed E-state index contributed by atoms with van der Waals surface area (Å²) in [6.45, 7) is 2.00. The summed E-state index contributed by atoms with van der Waals surface area (Å²) in [4.78, 5) is 12.0. The monoisotopic (exact) mass is 303 g/mol. The highest BCUT2D eigenvalue weighted by atomic mass is 79.9. The molecule has 0 aromatic heterocycles. The minimum Gasteiger partial charge on any atom is -0.322 e. The van der Waals surface area contributed by atoms with Gasteiger partial charge < -0.3 is 5.32 Å². The van der Waals surface area contributed by atoms with E-state index in [0.717, 1.165) is 22.1 Å². The van der Waals surface area contributed by atoms with Crippen molar-refractivity contribution in [1.82, 2.24) is 0 Å². The number of halogens is 1. The maximum Gasteiger partial charge on any atom is 0.255 e. The number of carbonyl (C=O) groups is 1. The lowest BCUT2D eigenvalue weighted by molar-refractivity contribution is 0.102. The number of hydrogen-bond donors (Lipinski definition) is 1. The molecule has 0 aliphatic heterocycles. The summed E-state index contributed by atoms with van der Waals surface area (Å²) in [6, 6.07) is 15.3. The lowest BCUT2D eigenvalue weighted by atomic mass is 10.1. The van der Waals surface area contributed by atoms with Crippen molar-refractivity contribution in [3.05, 3.63) is 65.2 Å². The lowest BCUT2D eigenvalue weighted by Gasteiger charge is -2.06. The summed E-state index contributed by atoms with van der Waals surface area (Å²) >= 11 is 3.38. The fourth-order valence-electron chi connectivity index (χ4n) is 1.67. The third kappa shape index (κ3) is 3.20. The van der Waals surface area contributed by atoms with Crippen molar-refractivity contribution in [2.45, 2.75) is 12.3 Å². The zero-order chi connectivity index (χ0) is 13.0. The van der Waals surface area contributed by atoms with E-state index in [1.54, 1.807) is 0 Å². The van der Waals surface area contributed by atoms with E-state index in [-0.39, 0.29) is 5.91 Å². The smallest absolute Gasteiger partial charge is 0.255 e. The predicted octanol–water partition coefficient (Wildman–Crippen LogP) is 4.14. The number of rotatable bonds is 3. The van der Waals surface area contributed by atoms with Crippen molar-refractivity contribution in [3.8, 4) is 0 Å². The molecule has 0 radical (unpaired) electrons. The van der Waals surface area contributed by atoms with Crippen LogP contribution in [0.5, 0.6) is 0 Å². The Morgan fingerprint density at radius 1 is 1.17 bits per heavy atom. The SMILES string of the molecule is Cc1cccc(NC(=O)c2ccc(CBr)cc2)c1. The Labute approximate surface area is 115 Å². The zero-order valence-corrected chi connectivity index (χ0v) is 11.7. The number of aryl methyl sites for hydroxylation is 1. The first-order valence-electron chi connectivity index (χ1n) is 5.72. The third-order valence-electron chi connectivity index (χ3n) is 2.65. The second-order valence-electron chi connectivity index (χ2n) is 4.15. The van der Waals surface area contributed by atoms with Gasteiger partial charge in [-0.3, -0.25) is 4.79 Å². The van der Waals surface area contributed by atoms with Gasteiger partial charge in [0.1, 0.15) is 0 Å². The third-order valence-corrected chi connectivity index (χ3v) is 3.29. The van der Waals surface area contributed by atoms with Crippen LogP contribution in [0.2, 0.25) is 0 Å². The highest BCUT2D eigenvalue weighted by Gasteiger charge is 2.05. The molecule has 0 fully saturated rings. The minimum atomic E-state index is -0.0817. The van der Waals surface area contributed by atoms with Gasteiger partial charge in [0, 0.05) is 16.6 Å². The van der Waals surface area contributed by atoms with Crippen molar-refractivity contribution < 1.29 is 4.79 Å². The van der Waals surface area contributed by atoms with Crippen LogP contribution >= 0.6 is 15.9 Å². The van der Waals surface area contributed by atoms with Gasteiger partial charge in [-0.1, -0.05) is 40.2 Å². The fourth-order valence-corrected chi connectivity index (χ4v) is 2.05. The van der Waals surface area contributed by atoms with Crippen molar-refractivity contribution in [1.29, 1.82) is 0 Å². The first-order chi connectivity index (χ1) is 8.69. The average Bonchev–Trinajstić information content (AvgIpc) is 2.39. The molecule has 0 saturated heterocycles. The molecule has 0 aliphatic carbocycles. The van der Waals surface area contributed by atoms with Gasteiger partial charge in [0.25, 0.3) is 5.91 Å². The van der Waals surface area contributed by atoms with Crippen LogP contribution in [-0.2, 0) is 5.33 Å². The summed E-state index contributed by atoms with van der Waals surface area (Å²) in [5, 5.41) is 3.68. The molecule has 0 bridgehead atoms. The normalized spacial score (nSPS) is 10.1. The fraction of sp³-hybridized carbons (Fsp3) is 0.133. The Balaban J connectivity index is 2.11. The van der Waals surface area contributed by atoms with Crippen LogP contribution in [0.1, 0.15) is 21.5 Å². The summed E-state index contributed by atoms with van der Waals surface area (Å²) in [5.41, 5.74) is 3.77. The zero-order valence-electron chi connectivity index (χ0n) is 10.1. The number of carbonyl (C=O) groups excluding carboxylic acids is 1. The van der Waals surface area contributed by atoms with Crippen LogP contribution < -0.4 is 5.32 Å². The molecule has 0 spiro atoms. The molecule has 0 unspecified atom stereocenters. The Morgan fingerprint density at radius 2 is 1.89 bits per heavy atom. The topological polar surface area (TPSA) is 29.1 Å². The molecule has 92 valence electrons. The molecule has 2 aromatic rings. The van der Waals surface area contributed by atoms with Gasteiger partial charge in [-0.15, -0.1) is 0 Å². The Kier molecular flexibility index (Phi) is 4.15. The van der Waals surface area contributed by atoms with Crippen molar-refractivity contribution >= 4 is 27.5 Å². The van der Waals surface area contributed by atoms with Crippen LogP contribution in [0, 0.1) is 6.92 Å². The van der Waals surface area contributed by atoms with E-state index in [9.17, 15) is 4.79 Å². The molecule has 1 amide bonds. The number of hydrogen-bond acceptors (Lipinski definition) is 1. The van der Waals surface area contributed by atoms with Crippen LogP contribution in [0.15, 0.2) is 48.5 Å². The van der Waals surface area contributed by atoms with Gasteiger partial charge in [-0.05, 0) is 42.3 Å². The highest BCUT2D eigenvalue weighted by molar-refractivity contribution is 9.08. The summed E-state index contributed by atoms with van der Waals surface area (Å²) in [5.74, 6) is -0.0817. The molecule has 2 aromatic carbocycles. The number of anilines is 1. The molecule has 0 saturated carbocycles. The molecular weight excluding hydrogens is 290 g/mol. The number of amides is 1. The Hall–Kier alpha value is -1.61. The first-order valence-corrected chi connectivity index (χ1v) is 6.84. The number of alkyl halides is 1. The van der Waals surface area contributed by atoms with E-state index in [2.05, 4.69) is 21.2 Å². The van der Waals surface area contributed by atoms with E-state index in [1.807, 2.05) is 55.5 Å². The van der Waals surface area contributed by atoms with Crippen LogP contribution in [0.25, 0.3) is 0 Å². The van der Waals surface area contributed by atoms with Gasteiger partial charge in [0.15, 0.2) is 0 Å². The summed E-state index contributed by atoms with van der Waals surface area (Å²) in [7, 11) is 0. The highest BCUT2D eigenvalue weighted by Crippen LogP contribution is 2.13. The van der Waals surface area contributed by atoms with Crippen molar-refractivity contribution in [2.24, 2.45) is 0 Å². The van der Waals surface area contributed by atoms with E-state index < -0.39 is 0 Å². The van der Waals surface area contributed by atoms with E-state index in [1.165, 1.54) is 0 Å². The maximum atomic E-state index is 12.0. The number of benzene rings is 2. The van der Waals surface area contributed by atoms with Gasteiger partial charge in [0.2, 0.25) is 0 Å². The average molecular weight is 304 g/mol. The molecule has 3 heteroatoms. The van der Waals surface area contributed by atoms with E-state index >= 15 is 0 Å². The Bertz CT molecular complexity index is 549. The van der Waals surface area contributed by atoms with Crippen LogP contribution in [-0.4, -0.2) is 5.91 Å². The van der Waals surface area contributed by atoms with Gasteiger partial charge >= 0.3 is 0 Å². The first kappa shape index (κ1) is 12.8. The molecular formula is C15H14BrNO. The maximum absolute atomic E-state index is 12.0. The Morgan fingerprint density at radius 3 is 2.50 bits per heavy atom. The second kappa shape index (κ2) is 5.83. The molecule has 2 nitrogen and oxygen atoms in total. The molecule has 1 N–H and O–H groups in total. The minimum absolute atomic E-state index is 0.0817. The molecule has 0 atom stereocenters. The van der Waals surface area contributed by atoms with Crippen LogP contribution in [0.3, 0.4) is 0 Å². The van der Waals surface area contributed by atoms with E-state index in [0.29, 0.717) is 5.56 Å². The number of nitrogens with one attached hydrogen (secondary N) is 1. The van der Waals surface area contributed by atoms with Gasteiger partial charge in [0.05, 0.1) is 0 Å². The molecule has 2 rings (SSSR count). The molecule has 0 aliphatic rings. The largest absolute Gasteiger partial charge is 0.322 e. The standard InChI is InChI=1S/C15H14BrNO/c1-11-3-2-4-14(9-11)17-15(18)13-7-5-12(10-16)6-8-13/h2-9H,10H2,1H3,(H,17,18).